The lowest BCUT2D eigenvalue weighted by atomic mass is 9.98. The molecule has 0 radical (unpaired) electrons. The largest absolute Gasteiger partial charge is 0.263 e. The Bertz CT molecular complexity index is 1110. The SMILES string of the molecule is Cc1ccc(-c2c(Cl)ncnc2NS(=O)(=O)c2ccc(C3CCCC3)cc2)cc1. The summed E-state index contributed by atoms with van der Waals surface area (Å²) in [4.78, 5) is 8.36. The average molecular weight is 428 g/mol. The first-order chi connectivity index (χ1) is 13.9. The molecule has 1 aliphatic rings. The van der Waals surface area contributed by atoms with Gasteiger partial charge in [0.1, 0.15) is 11.5 Å². The summed E-state index contributed by atoms with van der Waals surface area (Å²) in [5.74, 6) is 0.697. The minimum Gasteiger partial charge on any atom is -0.263 e. The van der Waals surface area contributed by atoms with Gasteiger partial charge in [0.25, 0.3) is 10.0 Å². The van der Waals surface area contributed by atoms with Crippen LogP contribution in [0.3, 0.4) is 0 Å². The van der Waals surface area contributed by atoms with E-state index in [-0.39, 0.29) is 15.9 Å². The maximum absolute atomic E-state index is 13.0. The third-order valence-electron chi connectivity index (χ3n) is 5.39. The zero-order chi connectivity index (χ0) is 20.4. The monoisotopic (exact) mass is 427 g/mol. The fourth-order valence-corrected chi connectivity index (χ4v) is 5.05. The van der Waals surface area contributed by atoms with E-state index in [1.165, 1.54) is 37.6 Å². The minimum atomic E-state index is -3.81. The van der Waals surface area contributed by atoms with E-state index in [9.17, 15) is 8.42 Å². The van der Waals surface area contributed by atoms with E-state index in [1.807, 2.05) is 43.3 Å². The fourth-order valence-electron chi connectivity index (χ4n) is 3.78. The molecule has 1 heterocycles. The normalized spacial score (nSPS) is 14.8. The number of anilines is 1. The molecule has 2 aromatic carbocycles. The van der Waals surface area contributed by atoms with Crippen molar-refractivity contribution in [3.05, 3.63) is 71.1 Å². The van der Waals surface area contributed by atoms with E-state index in [0.717, 1.165) is 11.1 Å². The lowest BCUT2D eigenvalue weighted by Gasteiger charge is -2.14. The van der Waals surface area contributed by atoms with Crippen LogP contribution in [0.2, 0.25) is 5.15 Å². The molecular formula is C22H22ClN3O2S. The van der Waals surface area contributed by atoms with Crippen LogP contribution in [0.15, 0.2) is 59.8 Å². The molecule has 0 bridgehead atoms. The molecule has 0 amide bonds. The van der Waals surface area contributed by atoms with Gasteiger partial charge in [-0.1, -0.05) is 66.4 Å². The first kappa shape index (κ1) is 19.9. The van der Waals surface area contributed by atoms with Crippen molar-refractivity contribution in [2.24, 2.45) is 0 Å². The average Bonchev–Trinajstić information content (AvgIpc) is 3.24. The van der Waals surface area contributed by atoms with E-state index in [1.54, 1.807) is 12.1 Å². The second-order valence-electron chi connectivity index (χ2n) is 7.41. The van der Waals surface area contributed by atoms with Crippen LogP contribution in [0.1, 0.15) is 42.7 Å². The van der Waals surface area contributed by atoms with Crippen molar-refractivity contribution in [3.63, 3.8) is 0 Å². The Hall–Kier alpha value is -2.44. The number of nitrogens with zero attached hydrogens (tertiary/aromatic N) is 2. The first-order valence-corrected chi connectivity index (χ1v) is 11.5. The molecular weight excluding hydrogens is 406 g/mol. The number of sulfonamides is 1. The Morgan fingerprint density at radius 3 is 2.28 bits per heavy atom. The van der Waals surface area contributed by atoms with Crippen LogP contribution in [0, 0.1) is 6.92 Å². The predicted molar refractivity (Wildman–Crippen MR) is 116 cm³/mol. The number of hydrogen-bond acceptors (Lipinski definition) is 4. The van der Waals surface area contributed by atoms with Crippen LogP contribution in [-0.2, 0) is 10.0 Å². The maximum atomic E-state index is 13.0. The molecule has 0 atom stereocenters. The van der Waals surface area contributed by atoms with Crippen molar-refractivity contribution in [2.45, 2.75) is 43.4 Å². The summed E-state index contributed by atoms with van der Waals surface area (Å²) in [6.45, 7) is 1.98. The van der Waals surface area contributed by atoms with Crippen LogP contribution in [0.25, 0.3) is 11.1 Å². The van der Waals surface area contributed by atoms with Gasteiger partial charge in [-0.05, 0) is 48.9 Å². The quantitative estimate of drug-likeness (QED) is 0.540. The highest BCUT2D eigenvalue weighted by Gasteiger charge is 2.22. The molecule has 1 aromatic heterocycles. The van der Waals surface area contributed by atoms with Crippen LogP contribution in [0.4, 0.5) is 5.82 Å². The van der Waals surface area contributed by atoms with Crippen molar-refractivity contribution >= 4 is 27.4 Å². The van der Waals surface area contributed by atoms with Crippen LogP contribution in [0.5, 0.6) is 0 Å². The molecule has 0 unspecified atom stereocenters. The Morgan fingerprint density at radius 2 is 1.62 bits per heavy atom. The minimum absolute atomic E-state index is 0.161. The molecule has 4 rings (SSSR count). The van der Waals surface area contributed by atoms with Gasteiger partial charge >= 0.3 is 0 Å². The molecule has 1 aliphatic carbocycles. The van der Waals surface area contributed by atoms with Crippen LogP contribution in [-0.4, -0.2) is 18.4 Å². The van der Waals surface area contributed by atoms with E-state index < -0.39 is 10.0 Å². The van der Waals surface area contributed by atoms with Gasteiger partial charge in [0.2, 0.25) is 0 Å². The third kappa shape index (κ3) is 4.28. The Labute approximate surface area is 176 Å². The summed E-state index contributed by atoms with van der Waals surface area (Å²) in [7, 11) is -3.81. The second kappa shape index (κ2) is 8.13. The first-order valence-electron chi connectivity index (χ1n) is 9.64. The standard InChI is InChI=1S/C22H22ClN3O2S/c1-15-6-8-18(9-7-15)20-21(23)24-14-25-22(20)26-29(27,28)19-12-10-17(11-13-19)16-4-2-3-5-16/h6-14,16H,2-5H2,1H3,(H,24,25,26). The summed E-state index contributed by atoms with van der Waals surface area (Å²) >= 11 is 6.29. The summed E-state index contributed by atoms with van der Waals surface area (Å²) in [6, 6.07) is 14.7. The van der Waals surface area contributed by atoms with E-state index in [4.69, 9.17) is 11.6 Å². The highest BCUT2D eigenvalue weighted by molar-refractivity contribution is 7.92. The van der Waals surface area contributed by atoms with Gasteiger partial charge in [0.15, 0.2) is 5.82 Å². The van der Waals surface area contributed by atoms with Gasteiger partial charge in [-0.25, -0.2) is 18.4 Å². The van der Waals surface area contributed by atoms with Crippen molar-refractivity contribution < 1.29 is 8.42 Å². The number of aromatic nitrogens is 2. The van der Waals surface area contributed by atoms with Gasteiger partial charge in [0, 0.05) is 0 Å². The maximum Gasteiger partial charge on any atom is 0.263 e. The number of rotatable bonds is 5. The molecule has 1 fully saturated rings. The Kier molecular flexibility index (Phi) is 5.56. The molecule has 0 aliphatic heterocycles. The number of benzene rings is 2. The lowest BCUT2D eigenvalue weighted by molar-refractivity contribution is 0.601. The lowest BCUT2D eigenvalue weighted by Crippen LogP contribution is -2.15. The zero-order valence-corrected chi connectivity index (χ0v) is 17.7. The third-order valence-corrected chi connectivity index (χ3v) is 7.03. The number of aryl methyl sites for hydroxylation is 1. The zero-order valence-electron chi connectivity index (χ0n) is 16.1. The van der Waals surface area contributed by atoms with Crippen LogP contribution >= 0.6 is 11.6 Å². The van der Waals surface area contributed by atoms with Crippen molar-refractivity contribution in [1.82, 2.24) is 9.97 Å². The van der Waals surface area contributed by atoms with Gasteiger partial charge in [0.05, 0.1) is 10.5 Å². The topological polar surface area (TPSA) is 72.0 Å². The Morgan fingerprint density at radius 1 is 0.966 bits per heavy atom. The molecule has 0 saturated heterocycles. The Balaban J connectivity index is 1.64. The molecule has 5 nitrogen and oxygen atoms in total. The second-order valence-corrected chi connectivity index (χ2v) is 9.45. The van der Waals surface area contributed by atoms with Crippen molar-refractivity contribution in [1.29, 1.82) is 0 Å². The molecule has 150 valence electrons. The number of halogens is 1. The van der Waals surface area contributed by atoms with E-state index in [2.05, 4.69) is 14.7 Å². The van der Waals surface area contributed by atoms with Gasteiger partial charge in [-0.2, -0.15) is 0 Å². The highest BCUT2D eigenvalue weighted by atomic mass is 35.5. The number of nitrogens with one attached hydrogen (secondary N) is 1. The molecule has 0 spiro atoms. The van der Waals surface area contributed by atoms with Crippen molar-refractivity contribution in [3.8, 4) is 11.1 Å². The van der Waals surface area contributed by atoms with Gasteiger partial charge < -0.3 is 0 Å². The van der Waals surface area contributed by atoms with E-state index >= 15 is 0 Å². The fraction of sp³-hybridized carbons (Fsp3) is 0.273. The number of hydrogen-bond donors (Lipinski definition) is 1. The summed E-state index contributed by atoms with van der Waals surface area (Å²) < 4.78 is 28.5. The van der Waals surface area contributed by atoms with Crippen molar-refractivity contribution in [2.75, 3.05) is 4.72 Å². The predicted octanol–water partition coefficient (Wildman–Crippen LogP) is 5.56. The highest BCUT2D eigenvalue weighted by Crippen LogP contribution is 2.35. The molecule has 1 saturated carbocycles. The molecule has 1 N–H and O–H groups in total. The summed E-state index contributed by atoms with van der Waals surface area (Å²) in [5, 5.41) is 0.193. The summed E-state index contributed by atoms with van der Waals surface area (Å²) in [6.07, 6.45) is 6.07. The van der Waals surface area contributed by atoms with Gasteiger partial charge in [-0.3, -0.25) is 4.72 Å². The smallest absolute Gasteiger partial charge is 0.263 e. The molecule has 7 heteroatoms. The summed E-state index contributed by atoms with van der Waals surface area (Å²) in [5.41, 5.74) is 3.49. The molecule has 29 heavy (non-hydrogen) atoms. The van der Waals surface area contributed by atoms with Crippen LogP contribution < -0.4 is 4.72 Å². The van der Waals surface area contributed by atoms with E-state index in [0.29, 0.717) is 11.5 Å². The molecule has 3 aromatic rings. The van der Waals surface area contributed by atoms with Gasteiger partial charge in [-0.15, -0.1) is 0 Å².